The van der Waals surface area contributed by atoms with Gasteiger partial charge in [-0.1, -0.05) is 0 Å². The molecule has 1 amide bonds. The molecule has 3 nitrogen and oxygen atoms in total. The first kappa shape index (κ1) is 7.90. The van der Waals surface area contributed by atoms with Gasteiger partial charge in [0.2, 0.25) is 0 Å². The van der Waals surface area contributed by atoms with Crippen molar-refractivity contribution in [3.63, 3.8) is 0 Å². The molecule has 0 aromatic carbocycles. The number of carbonyl (C=O) groups excluding carboxylic acids is 1. The molecule has 2 fully saturated rings. The van der Waals surface area contributed by atoms with Crippen molar-refractivity contribution in [3.05, 3.63) is 0 Å². The predicted octanol–water partition coefficient (Wildman–Crippen LogP) is 1.77. The van der Waals surface area contributed by atoms with Crippen LogP contribution in [0.2, 0.25) is 0 Å². The van der Waals surface area contributed by atoms with Crippen molar-refractivity contribution in [2.45, 2.75) is 37.7 Å². The molecule has 2 aliphatic rings. The molecule has 68 valence electrons. The van der Waals surface area contributed by atoms with E-state index in [4.69, 9.17) is 4.74 Å². The summed E-state index contributed by atoms with van der Waals surface area (Å²) in [5.74, 6) is 0. The zero-order valence-electron chi connectivity index (χ0n) is 7.51. The molecule has 0 atom stereocenters. The van der Waals surface area contributed by atoms with Gasteiger partial charge in [0.05, 0.1) is 0 Å². The zero-order valence-corrected chi connectivity index (χ0v) is 7.51. The first-order valence-corrected chi connectivity index (χ1v) is 4.66. The fourth-order valence-corrected chi connectivity index (χ4v) is 2.15. The van der Waals surface area contributed by atoms with Gasteiger partial charge < -0.3 is 9.64 Å². The second-order valence-corrected chi connectivity index (χ2v) is 3.93. The maximum absolute atomic E-state index is 11.3. The molecule has 1 saturated heterocycles. The number of hydrogen-bond acceptors (Lipinski definition) is 2. The monoisotopic (exact) mass is 169 g/mol. The molecular formula is C9H15NO2. The molecule has 0 radical (unpaired) electrons. The third-order valence-corrected chi connectivity index (χ3v) is 3.03. The summed E-state index contributed by atoms with van der Waals surface area (Å²) in [6.45, 7) is 0.860. The fraction of sp³-hybridized carbons (Fsp3) is 0.889. The summed E-state index contributed by atoms with van der Waals surface area (Å²) in [6, 6.07) is 0. The maximum atomic E-state index is 11.3. The molecule has 1 heterocycles. The SMILES string of the molecule is CN1CCC2(CCCC2)OC1=O. The third-order valence-electron chi connectivity index (χ3n) is 3.03. The molecule has 0 aromatic heterocycles. The van der Waals surface area contributed by atoms with Crippen molar-refractivity contribution in [1.82, 2.24) is 4.90 Å². The van der Waals surface area contributed by atoms with E-state index in [-0.39, 0.29) is 11.7 Å². The molecule has 1 spiro atoms. The van der Waals surface area contributed by atoms with Crippen LogP contribution in [0.4, 0.5) is 4.79 Å². The van der Waals surface area contributed by atoms with E-state index in [1.165, 1.54) is 12.8 Å². The second kappa shape index (κ2) is 2.64. The molecule has 2 rings (SSSR count). The molecule has 0 N–H and O–H groups in total. The highest BCUT2D eigenvalue weighted by atomic mass is 16.6. The van der Waals surface area contributed by atoms with E-state index >= 15 is 0 Å². The lowest BCUT2D eigenvalue weighted by Gasteiger charge is -2.37. The van der Waals surface area contributed by atoms with Crippen molar-refractivity contribution in [1.29, 1.82) is 0 Å². The smallest absolute Gasteiger partial charge is 0.410 e. The maximum Gasteiger partial charge on any atom is 0.410 e. The fourth-order valence-electron chi connectivity index (χ4n) is 2.15. The minimum atomic E-state index is -0.136. The van der Waals surface area contributed by atoms with Crippen molar-refractivity contribution in [3.8, 4) is 0 Å². The molecule has 3 heteroatoms. The molecule has 1 saturated carbocycles. The number of ether oxygens (including phenoxy) is 1. The number of hydrogen-bond donors (Lipinski definition) is 0. The molecule has 1 aliphatic heterocycles. The number of amides is 1. The molecule has 1 aliphatic carbocycles. The minimum absolute atomic E-state index is 0.0659. The van der Waals surface area contributed by atoms with E-state index in [1.54, 1.807) is 11.9 Å². The van der Waals surface area contributed by atoms with E-state index in [0.29, 0.717) is 0 Å². The van der Waals surface area contributed by atoms with Gasteiger partial charge in [-0.05, 0) is 25.7 Å². The van der Waals surface area contributed by atoms with Gasteiger partial charge in [-0.25, -0.2) is 4.79 Å². The van der Waals surface area contributed by atoms with Crippen LogP contribution in [-0.2, 0) is 4.74 Å². The summed E-state index contributed by atoms with van der Waals surface area (Å²) >= 11 is 0. The highest BCUT2D eigenvalue weighted by molar-refractivity contribution is 5.68. The van der Waals surface area contributed by atoms with E-state index in [9.17, 15) is 4.79 Å². The summed E-state index contributed by atoms with van der Waals surface area (Å²) in [5.41, 5.74) is -0.0659. The standard InChI is InChI=1S/C9H15NO2/c1-10-7-6-9(12-8(10)11)4-2-3-5-9/h2-7H2,1H3. The van der Waals surface area contributed by atoms with Crippen LogP contribution in [0.3, 0.4) is 0 Å². The molecule has 12 heavy (non-hydrogen) atoms. The van der Waals surface area contributed by atoms with Gasteiger partial charge in [0.1, 0.15) is 5.60 Å². The Kier molecular flexibility index (Phi) is 1.74. The highest BCUT2D eigenvalue weighted by Crippen LogP contribution is 2.38. The molecular weight excluding hydrogens is 154 g/mol. The van der Waals surface area contributed by atoms with Crippen molar-refractivity contribution >= 4 is 6.09 Å². The average molecular weight is 169 g/mol. The summed E-state index contributed by atoms with van der Waals surface area (Å²) in [4.78, 5) is 12.9. The van der Waals surface area contributed by atoms with Crippen molar-refractivity contribution in [2.75, 3.05) is 13.6 Å². The Labute approximate surface area is 72.7 Å². The van der Waals surface area contributed by atoms with Gasteiger partial charge in [-0.3, -0.25) is 0 Å². The van der Waals surface area contributed by atoms with Crippen LogP contribution in [0.25, 0.3) is 0 Å². The van der Waals surface area contributed by atoms with Crippen LogP contribution in [0.15, 0.2) is 0 Å². The first-order valence-electron chi connectivity index (χ1n) is 4.66. The Morgan fingerprint density at radius 1 is 1.33 bits per heavy atom. The van der Waals surface area contributed by atoms with E-state index < -0.39 is 0 Å². The molecule has 0 unspecified atom stereocenters. The Morgan fingerprint density at radius 2 is 2.00 bits per heavy atom. The van der Waals surface area contributed by atoms with Crippen LogP contribution in [0.5, 0.6) is 0 Å². The molecule has 0 bridgehead atoms. The average Bonchev–Trinajstić information content (AvgIpc) is 2.47. The zero-order chi connectivity index (χ0) is 8.60. The Morgan fingerprint density at radius 3 is 2.58 bits per heavy atom. The summed E-state index contributed by atoms with van der Waals surface area (Å²) < 4.78 is 5.43. The van der Waals surface area contributed by atoms with Crippen molar-refractivity contribution in [2.24, 2.45) is 0 Å². The van der Waals surface area contributed by atoms with Gasteiger partial charge in [0, 0.05) is 20.0 Å². The van der Waals surface area contributed by atoms with E-state index in [2.05, 4.69) is 0 Å². The summed E-state index contributed by atoms with van der Waals surface area (Å²) in [7, 11) is 1.80. The van der Waals surface area contributed by atoms with Gasteiger partial charge in [-0.2, -0.15) is 0 Å². The lowest BCUT2D eigenvalue weighted by Crippen LogP contribution is -2.46. The number of rotatable bonds is 0. The van der Waals surface area contributed by atoms with Gasteiger partial charge >= 0.3 is 6.09 Å². The van der Waals surface area contributed by atoms with E-state index in [1.807, 2.05) is 0 Å². The summed E-state index contributed by atoms with van der Waals surface area (Å²) in [6.07, 6.45) is 5.48. The lowest BCUT2D eigenvalue weighted by molar-refractivity contribution is -0.0384. The first-order chi connectivity index (χ1) is 5.72. The molecule has 0 aromatic rings. The van der Waals surface area contributed by atoms with Gasteiger partial charge in [-0.15, -0.1) is 0 Å². The highest BCUT2D eigenvalue weighted by Gasteiger charge is 2.41. The Balaban J connectivity index is 2.06. The van der Waals surface area contributed by atoms with Crippen molar-refractivity contribution < 1.29 is 9.53 Å². The number of carbonyl (C=O) groups is 1. The lowest BCUT2D eigenvalue weighted by atomic mass is 9.96. The van der Waals surface area contributed by atoms with Crippen LogP contribution < -0.4 is 0 Å². The predicted molar refractivity (Wildman–Crippen MR) is 44.9 cm³/mol. The van der Waals surface area contributed by atoms with Crippen LogP contribution >= 0.6 is 0 Å². The van der Waals surface area contributed by atoms with Crippen LogP contribution in [0.1, 0.15) is 32.1 Å². The normalized spacial score (nSPS) is 27.8. The quantitative estimate of drug-likeness (QED) is 0.553. The summed E-state index contributed by atoms with van der Waals surface area (Å²) in [5, 5.41) is 0. The Hall–Kier alpha value is -0.730. The third kappa shape index (κ3) is 1.17. The van der Waals surface area contributed by atoms with Crippen LogP contribution in [-0.4, -0.2) is 30.2 Å². The topological polar surface area (TPSA) is 29.5 Å². The van der Waals surface area contributed by atoms with Crippen LogP contribution in [0, 0.1) is 0 Å². The number of nitrogens with zero attached hydrogens (tertiary/aromatic N) is 1. The van der Waals surface area contributed by atoms with Gasteiger partial charge in [0.15, 0.2) is 0 Å². The van der Waals surface area contributed by atoms with Gasteiger partial charge in [0.25, 0.3) is 0 Å². The largest absolute Gasteiger partial charge is 0.443 e. The Bertz CT molecular complexity index is 197. The minimum Gasteiger partial charge on any atom is -0.443 e. The second-order valence-electron chi connectivity index (χ2n) is 3.93. The van der Waals surface area contributed by atoms with E-state index in [0.717, 1.165) is 25.8 Å².